The van der Waals surface area contributed by atoms with Crippen molar-refractivity contribution in [3.8, 4) is 0 Å². The SMILES string of the molecule is Cc1ccc(NCC(=O)NC2CCCC2)cc1. The summed E-state index contributed by atoms with van der Waals surface area (Å²) in [5, 5.41) is 6.19. The average Bonchev–Trinajstić information content (AvgIpc) is 2.81. The molecule has 2 rings (SSSR count). The van der Waals surface area contributed by atoms with Crippen LogP contribution in [0.5, 0.6) is 0 Å². The Morgan fingerprint density at radius 3 is 2.53 bits per heavy atom. The molecule has 1 aromatic rings. The summed E-state index contributed by atoms with van der Waals surface area (Å²) < 4.78 is 0. The molecule has 1 aromatic carbocycles. The Morgan fingerprint density at radius 1 is 1.24 bits per heavy atom. The van der Waals surface area contributed by atoms with E-state index in [4.69, 9.17) is 0 Å². The molecule has 0 bridgehead atoms. The predicted octanol–water partition coefficient (Wildman–Crippen LogP) is 2.47. The van der Waals surface area contributed by atoms with E-state index in [0.29, 0.717) is 12.6 Å². The number of anilines is 1. The molecular weight excluding hydrogens is 212 g/mol. The first-order valence-electron chi connectivity index (χ1n) is 6.34. The monoisotopic (exact) mass is 232 g/mol. The molecule has 92 valence electrons. The molecule has 1 aliphatic rings. The summed E-state index contributed by atoms with van der Waals surface area (Å²) in [4.78, 5) is 11.7. The van der Waals surface area contributed by atoms with Crippen molar-refractivity contribution in [1.82, 2.24) is 5.32 Å². The minimum Gasteiger partial charge on any atom is -0.376 e. The van der Waals surface area contributed by atoms with Gasteiger partial charge in [0.2, 0.25) is 5.91 Å². The van der Waals surface area contributed by atoms with E-state index in [0.717, 1.165) is 18.5 Å². The molecule has 0 spiro atoms. The maximum atomic E-state index is 11.7. The highest BCUT2D eigenvalue weighted by Crippen LogP contribution is 2.17. The van der Waals surface area contributed by atoms with E-state index >= 15 is 0 Å². The first-order valence-corrected chi connectivity index (χ1v) is 6.34. The predicted molar refractivity (Wildman–Crippen MR) is 70.1 cm³/mol. The Kier molecular flexibility index (Phi) is 4.02. The van der Waals surface area contributed by atoms with Crippen LogP contribution in [0.4, 0.5) is 5.69 Å². The maximum Gasteiger partial charge on any atom is 0.239 e. The van der Waals surface area contributed by atoms with Crippen molar-refractivity contribution in [1.29, 1.82) is 0 Å². The van der Waals surface area contributed by atoms with Gasteiger partial charge in [0.05, 0.1) is 6.54 Å². The van der Waals surface area contributed by atoms with Gasteiger partial charge < -0.3 is 10.6 Å². The lowest BCUT2D eigenvalue weighted by atomic mass is 10.2. The van der Waals surface area contributed by atoms with Crippen LogP contribution in [0.1, 0.15) is 31.2 Å². The summed E-state index contributed by atoms with van der Waals surface area (Å²) in [7, 11) is 0. The van der Waals surface area contributed by atoms with E-state index in [1.54, 1.807) is 0 Å². The van der Waals surface area contributed by atoms with Crippen LogP contribution < -0.4 is 10.6 Å². The summed E-state index contributed by atoms with van der Waals surface area (Å²) in [6, 6.07) is 8.48. The summed E-state index contributed by atoms with van der Waals surface area (Å²) >= 11 is 0. The van der Waals surface area contributed by atoms with Gasteiger partial charge in [-0.2, -0.15) is 0 Å². The third-order valence-corrected chi connectivity index (χ3v) is 3.22. The molecule has 1 aliphatic carbocycles. The Hall–Kier alpha value is -1.51. The average molecular weight is 232 g/mol. The van der Waals surface area contributed by atoms with Gasteiger partial charge in [0.25, 0.3) is 0 Å². The molecule has 0 radical (unpaired) electrons. The Balaban J connectivity index is 1.73. The molecule has 17 heavy (non-hydrogen) atoms. The van der Waals surface area contributed by atoms with E-state index in [1.165, 1.54) is 18.4 Å². The number of carbonyl (C=O) groups is 1. The Bertz CT molecular complexity index is 366. The second-order valence-corrected chi connectivity index (χ2v) is 4.77. The number of hydrogen-bond acceptors (Lipinski definition) is 2. The minimum absolute atomic E-state index is 0.0949. The van der Waals surface area contributed by atoms with E-state index < -0.39 is 0 Å². The molecule has 1 fully saturated rings. The molecule has 0 heterocycles. The quantitative estimate of drug-likeness (QED) is 0.837. The summed E-state index contributed by atoms with van der Waals surface area (Å²) in [5.41, 5.74) is 2.23. The van der Waals surface area contributed by atoms with E-state index in [-0.39, 0.29) is 5.91 Å². The minimum atomic E-state index is 0.0949. The van der Waals surface area contributed by atoms with Crippen molar-refractivity contribution in [2.75, 3.05) is 11.9 Å². The normalized spacial score (nSPS) is 15.8. The van der Waals surface area contributed by atoms with Gasteiger partial charge in [0.1, 0.15) is 0 Å². The molecule has 1 saturated carbocycles. The number of carbonyl (C=O) groups excluding carboxylic acids is 1. The van der Waals surface area contributed by atoms with Crippen LogP contribution in [0, 0.1) is 6.92 Å². The molecule has 0 saturated heterocycles. The fourth-order valence-corrected chi connectivity index (χ4v) is 2.20. The third kappa shape index (κ3) is 3.77. The van der Waals surface area contributed by atoms with Gasteiger partial charge in [-0.1, -0.05) is 30.5 Å². The van der Waals surface area contributed by atoms with Crippen molar-refractivity contribution >= 4 is 11.6 Å². The fourth-order valence-electron chi connectivity index (χ4n) is 2.20. The lowest BCUT2D eigenvalue weighted by Crippen LogP contribution is -2.36. The summed E-state index contributed by atoms with van der Waals surface area (Å²) in [5.74, 6) is 0.0949. The zero-order chi connectivity index (χ0) is 12.1. The van der Waals surface area contributed by atoms with Crippen molar-refractivity contribution in [3.05, 3.63) is 29.8 Å². The highest BCUT2D eigenvalue weighted by Gasteiger charge is 2.16. The van der Waals surface area contributed by atoms with Crippen LogP contribution in [0.15, 0.2) is 24.3 Å². The van der Waals surface area contributed by atoms with Crippen molar-refractivity contribution in [2.45, 2.75) is 38.6 Å². The van der Waals surface area contributed by atoms with Gasteiger partial charge in [0.15, 0.2) is 0 Å². The first-order chi connectivity index (χ1) is 8.24. The molecule has 1 amide bonds. The lowest BCUT2D eigenvalue weighted by Gasteiger charge is -2.12. The number of aryl methyl sites for hydroxylation is 1. The molecule has 0 unspecified atom stereocenters. The molecule has 3 heteroatoms. The van der Waals surface area contributed by atoms with Crippen LogP contribution in [0.25, 0.3) is 0 Å². The molecule has 2 N–H and O–H groups in total. The second-order valence-electron chi connectivity index (χ2n) is 4.77. The largest absolute Gasteiger partial charge is 0.376 e. The van der Waals surface area contributed by atoms with E-state index in [1.807, 2.05) is 24.3 Å². The maximum absolute atomic E-state index is 11.7. The Morgan fingerprint density at radius 2 is 1.88 bits per heavy atom. The van der Waals surface area contributed by atoms with Gasteiger partial charge in [-0.15, -0.1) is 0 Å². The highest BCUT2D eigenvalue weighted by molar-refractivity contribution is 5.80. The molecular formula is C14H20N2O. The number of amides is 1. The van der Waals surface area contributed by atoms with Gasteiger partial charge >= 0.3 is 0 Å². The zero-order valence-electron chi connectivity index (χ0n) is 10.3. The van der Waals surface area contributed by atoms with E-state index in [2.05, 4.69) is 17.6 Å². The summed E-state index contributed by atoms with van der Waals surface area (Å²) in [6.45, 7) is 2.41. The number of benzene rings is 1. The topological polar surface area (TPSA) is 41.1 Å². The zero-order valence-corrected chi connectivity index (χ0v) is 10.3. The molecule has 0 atom stereocenters. The van der Waals surface area contributed by atoms with Crippen LogP contribution in [-0.2, 0) is 4.79 Å². The van der Waals surface area contributed by atoms with Crippen LogP contribution >= 0.6 is 0 Å². The van der Waals surface area contributed by atoms with E-state index in [9.17, 15) is 4.79 Å². The smallest absolute Gasteiger partial charge is 0.239 e. The first kappa shape index (κ1) is 12.0. The molecule has 3 nitrogen and oxygen atoms in total. The van der Waals surface area contributed by atoms with Crippen molar-refractivity contribution in [3.63, 3.8) is 0 Å². The van der Waals surface area contributed by atoms with Crippen molar-refractivity contribution < 1.29 is 4.79 Å². The van der Waals surface area contributed by atoms with Gasteiger partial charge in [0, 0.05) is 11.7 Å². The molecule has 0 aliphatic heterocycles. The van der Waals surface area contributed by atoms with Crippen LogP contribution in [-0.4, -0.2) is 18.5 Å². The number of nitrogens with one attached hydrogen (secondary N) is 2. The Labute approximate surface area is 103 Å². The van der Waals surface area contributed by atoms with Crippen LogP contribution in [0.2, 0.25) is 0 Å². The highest BCUT2D eigenvalue weighted by atomic mass is 16.1. The van der Waals surface area contributed by atoms with Crippen molar-refractivity contribution in [2.24, 2.45) is 0 Å². The number of rotatable bonds is 4. The number of hydrogen-bond donors (Lipinski definition) is 2. The second kappa shape index (κ2) is 5.71. The lowest BCUT2D eigenvalue weighted by molar-refractivity contribution is -0.120. The van der Waals surface area contributed by atoms with Gasteiger partial charge in [-0.3, -0.25) is 4.79 Å². The van der Waals surface area contributed by atoms with Gasteiger partial charge in [-0.25, -0.2) is 0 Å². The van der Waals surface area contributed by atoms with Crippen LogP contribution in [0.3, 0.4) is 0 Å². The van der Waals surface area contributed by atoms with Gasteiger partial charge in [-0.05, 0) is 31.9 Å². The summed E-state index contributed by atoms with van der Waals surface area (Å²) in [6.07, 6.45) is 4.76. The molecule has 0 aromatic heterocycles. The third-order valence-electron chi connectivity index (χ3n) is 3.22. The fraction of sp³-hybridized carbons (Fsp3) is 0.500. The standard InChI is InChI=1S/C14H20N2O/c1-11-6-8-12(9-7-11)15-10-14(17)16-13-4-2-3-5-13/h6-9,13,15H,2-5,10H2,1H3,(H,16,17).